The van der Waals surface area contributed by atoms with Crippen molar-refractivity contribution in [1.29, 1.82) is 0 Å². The molecule has 0 saturated heterocycles. The molecule has 3 rings (SSSR count). The van der Waals surface area contributed by atoms with Crippen molar-refractivity contribution in [3.05, 3.63) is 46.2 Å². The number of fused-ring (bicyclic) bond motifs is 1. The van der Waals surface area contributed by atoms with Crippen LogP contribution >= 0.6 is 11.6 Å². The zero-order chi connectivity index (χ0) is 23.8. The van der Waals surface area contributed by atoms with Crippen molar-refractivity contribution < 1.29 is 35.2 Å². The highest BCUT2D eigenvalue weighted by atomic mass is 35.5. The van der Waals surface area contributed by atoms with E-state index in [2.05, 4.69) is 5.32 Å². The molecule has 32 heavy (non-hydrogen) atoms. The van der Waals surface area contributed by atoms with Crippen LogP contribution in [-0.4, -0.2) is 31.1 Å². The van der Waals surface area contributed by atoms with Crippen molar-refractivity contribution in [3.63, 3.8) is 0 Å². The van der Waals surface area contributed by atoms with E-state index in [1.165, 1.54) is 4.57 Å². The molecule has 1 amide bonds. The number of hydrogen-bond donors (Lipinski definition) is 2. The fourth-order valence-electron chi connectivity index (χ4n) is 3.46. The van der Waals surface area contributed by atoms with Gasteiger partial charge in [0.1, 0.15) is 16.6 Å². The monoisotopic (exact) mass is 499 g/mol. The third-order valence-corrected chi connectivity index (χ3v) is 7.17. The number of carbonyl (C=O) groups excluding carboxylic acids is 1. The average Bonchev–Trinajstić information content (AvgIpc) is 2.80. The molecular formula is C19H19ClF5N3O3S. The molecule has 6 nitrogen and oxygen atoms in total. The summed E-state index contributed by atoms with van der Waals surface area (Å²) in [4.78, 5) is 12.3. The van der Waals surface area contributed by atoms with E-state index >= 15 is 0 Å². The molecule has 1 aliphatic heterocycles. The Balaban J connectivity index is 2.07. The number of carbonyl (C=O) groups is 1. The topological polar surface area (TPSA) is 80.2 Å². The van der Waals surface area contributed by atoms with E-state index in [9.17, 15) is 35.2 Å². The van der Waals surface area contributed by atoms with Crippen LogP contribution in [0.1, 0.15) is 42.4 Å². The third kappa shape index (κ3) is 4.91. The summed E-state index contributed by atoms with van der Waals surface area (Å²) < 4.78 is 94.1. The molecule has 1 atom stereocenters. The van der Waals surface area contributed by atoms with Crippen LogP contribution in [-0.2, 0) is 23.0 Å². The second-order valence-corrected chi connectivity index (χ2v) is 9.40. The van der Waals surface area contributed by atoms with Crippen LogP contribution in [0.15, 0.2) is 23.1 Å². The molecule has 2 N–H and O–H groups in total. The summed E-state index contributed by atoms with van der Waals surface area (Å²) in [6.45, 7) is 0.858. The Morgan fingerprint density at radius 1 is 1.16 bits per heavy atom. The second kappa shape index (κ2) is 8.99. The number of amides is 1. The van der Waals surface area contributed by atoms with Crippen molar-refractivity contribution in [2.75, 3.05) is 5.32 Å². The van der Waals surface area contributed by atoms with Crippen LogP contribution in [0.5, 0.6) is 0 Å². The van der Waals surface area contributed by atoms with Crippen molar-refractivity contribution in [3.8, 4) is 0 Å². The van der Waals surface area contributed by atoms with Crippen LogP contribution in [0.3, 0.4) is 0 Å². The fraction of sp³-hybridized carbons (Fsp3) is 0.421. The number of halogens is 6. The van der Waals surface area contributed by atoms with Crippen LogP contribution < -0.4 is 10.0 Å². The van der Waals surface area contributed by atoms with Crippen LogP contribution in [0.25, 0.3) is 0 Å². The Kier molecular flexibility index (Phi) is 6.87. The predicted molar refractivity (Wildman–Crippen MR) is 107 cm³/mol. The van der Waals surface area contributed by atoms with Crippen molar-refractivity contribution in [1.82, 2.24) is 9.29 Å². The number of sulfonamides is 1. The molecule has 176 valence electrons. The summed E-state index contributed by atoms with van der Waals surface area (Å²) in [6.07, 6.45) is -2.83. The van der Waals surface area contributed by atoms with E-state index in [4.69, 9.17) is 11.6 Å². The summed E-state index contributed by atoms with van der Waals surface area (Å²) in [7, 11) is -4.74. The highest BCUT2D eigenvalue weighted by molar-refractivity contribution is 7.89. The molecule has 1 aliphatic rings. The van der Waals surface area contributed by atoms with Crippen molar-refractivity contribution >= 4 is 33.2 Å². The van der Waals surface area contributed by atoms with Gasteiger partial charge in [-0.05, 0) is 38.3 Å². The first kappa shape index (κ1) is 24.5. The van der Waals surface area contributed by atoms with Gasteiger partial charge >= 0.3 is 6.18 Å². The molecule has 1 aromatic carbocycles. The van der Waals surface area contributed by atoms with Gasteiger partial charge in [-0.3, -0.25) is 4.79 Å². The maximum atomic E-state index is 13.5. The Hall–Kier alpha value is -2.18. The molecule has 1 aromatic heterocycles. The van der Waals surface area contributed by atoms with E-state index in [-0.39, 0.29) is 30.0 Å². The molecule has 0 bridgehead atoms. The Morgan fingerprint density at radius 2 is 1.84 bits per heavy atom. The van der Waals surface area contributed by atoms with Gasteiger partial charge in [-0.25, -0.2) is 17.2 Å². The highest BCUT2D eigenvalue weighted by Gasteiger charge is 2.41. The summed E-state index contributed by atoms with van der Waals surface area (Å²) in [6, 6.07) is 0.242. The first-order chi connectivity index (χ1) is 14.8. The molecular weight excluding hydrogens is 481 g/mol. The second-order valence-electron chi connectivity index (χ2n) is 7.37. The largest absolute Gasteiger partial charge is 0.404 e. The molecule has 1 unspecified atom stereocenters. The zero-order valence-corrected chi connectivity index (χ0v) is 18.3. The lowest BCUT2D eigenvalue weighted by Gasteiger charge is -2.18. The van der Waals surface area contributed by atoms with Crippen molar-refractivity contribution in [2.24, 2.45) is 0 Å². The van der Waals surface area contributed by atoms with Crippen LogP contribution in [0, 0.1) is 11.6 Å². The van der Waals surface area contributed by atoms with Gasteiger partial charge in [-0.2, -0.15) is 17.9 Å². The van der Waals surface area contributed by atoms with Crippen molar-refractivity contribution in [2.45, 2.75) is 56.3 Å². The number of nitrogens with zero attached hydrogens (tertiary/aromatic N) is 1. The quantitative estimate of drug-likeness (QED) is 0.589. The number of nitrogens with one attached hydrogen (secondary N) is 2. The van der Waals surface area contributed by atoms with Gasteiger partial charge in [0.05, 0.1) is 5.02 Å². The molecule has 0 spiro atoms. The number of benzene rings is 1. The Morgan fingerprint density at radius 3 is 2.47 bits per heavy atom. The van der Waals surface area contributed by atoms with E-state index < -0.39 is 49.7 Å². The van der Waals surface area contributed by atoms with Crippen LogP contribution in [0.2, 0.25) is 5.02 Å². The van der Waals surface area contributed by atoms with Gasteiger partial charge in [0.25, 0.3) is 5.91 Å². The fourth-order valence-corrected chi connectivity index (χ4v) is 5.64. The predicted octanol–water partition coefficient (Wildman–Crippen LogP) is 4.63. The van der Waals surface area contributed by atoms with Gasteiger partial charge in [0.15, 0.2) is 11.6 Å². The number of rotatable bonds is 5. The van der Waals surface area contributed by atoms with Gasteiger partial charge in [-0.15, -0.1) is 0 Å². The minimum Gasteiger partial charge on any atom is -0.338 e. The normalized spacial score (nSPS) is 15.7. The summed E-state index contributed by atoms with van der Waals surface area (Å²) >= 11 is 6.26. The number of hydrogen-bond acceptors (Lipinski definition) is 3. The average molecular weight is 500 g/mol. The van der Waals surface area contributed by atoms with Crippen LogP contribution in [0.4, 0.5) is 27.6 Å². The number of aromatic nitrogens is 1. The minimum atomic E-state index is -4.83. The molecule has 2 aromatic rings. The summed E-state index contributed by atoms with van der Waals surface area (Å²) in [5.74, 6) is -3.25. The first-order valence-electron chi connectivity index (χ1n) is 9.59. The standard InChI is InChI=1S/C19H19ClF5N3O3S/c1-10(19(23,24)25)27-32(30,31)17-14-5-3-2-4-8-28(14)16(15(17)20)18(29)26-11-6-7-12(21)13(22)9-11/h6-7,9-10,27H,2-5,8H2,1H3,(H,26,29). The van der Waals surface area contributed by atoms with E-state index in [1.54, 1.807) is 4.72 Å². The molecule has 0 radical (unpaired) electrons. The molecule has 0 aliphatic carbocycles. The SMILES string of the molecule is CC(NS(=O)(=O)c1c(Cl)c(C(=O)Nc2ccc(F)c(F)c2)n2c1CCCCC2)C(F)(F)F. The van der Waals surface area contributed by atoms with E-state index in [0.29, 0.717) is 26.2 Å². The molecule has 2 heterocycles. The van der Waals surface area contributed by atoms with Gasteiger partial charge < -0.3 is 9.88 Å². The third-order valence-electron chi connectivity index (χ3n) is 5.04. The lowest BCUT2D eigenvalue weighted by atomic mass is 10.2. The van der Waals surface area contributed by atoms with E-state index in [0.717, 1.165) is 18.2 Å². The highest BCUT2D eigenvalue weighted by Crippen LogP contribution is 2.36. The summed E-state index contributed by atoms with van der Waals surface area (Å²) in [5.41, 5.74) is -0.277. The number of alkyl halides is 3. The molecule has 13 heteroatoms. The lowest BCUT2D eigenvalue weighted by Crippen LogP contribution is -2.43. The maximum Gasteiger partial charge on any atom is 0.404 e. The van der Waals surface area contributed by atoms with E-state index in [1.807, 2.05) is 0 Å². The van der Waals surface area contributed by atoms with Gasteiger partial charge in [0, 0.05) is 24.0 Å². The molecule has 0 fully saturated rings. The Labute approximate surface area is 185 Å². The minimum absolute atomic E-state index is 0.109. The molecule has 0 saturated carbocycles. The number of anilines is 1. The lowest BCUT2D eigenvalue weighted by molar-refractivity contribution is -0.147. The van der Waals surface area contributed by atoms with Gasteiger partial charge in [0.2, 0.25) is 10.0 Å². The Bertz CT molecular complexity index is 1150. The van der Waals surface area contributed by atoms with Gasteiger partial charge in [-0.1, -0.05) is 18.0 Å². The maximum absolute atomic E-state index is 13.5. The summed E-state index contributed by atoms with van der Waals surface area (Å²) in [5, 5.41) is 1.78. The smallest absolute Gasteiger partial charge is 0.338 e. The first-order valence-corrected chi connectivity index (χ1v) is 11.5. The zero-order valence-electron chi connectivity index (χ0n) is 16.7.